The first-order chi connectivity index (χ1) is 13.1. The molecule has 6 nitrogen and oxygen atoms in total. The molecule has 2 aromatic rings. The summed E-state index contributed by atoms with van der Waals surface area (Å²) in [4.78, 5) is 21.5. The molecular weight excluding hydrogens is 381 g/mol. The number of methoxy groups -OCH3 is 2. The number of benzene rings is 2. The summed E-state index contributed by atoms with van der Waals surface area (Å²) in [5.41, 5.74) is -3.11. The largest absolute Gasteiger partial charge is 0.479 e. The minimum atomic E-state index is -5.03. The fourth-order valence-electron chi connectivity index (χ4n) is 2.41. The predicted octanol–water partition coefficient (Wildman–Crippen LogP) is 3.63. The van der Waals surface area contributed by atoms with Gasteiger partial charge in [0.15, 0.2) is 6.10 Å². The molecule has 0 saturated carbocycles. The molecule has 0 unspecified atom stereocenters. The number of aliphatic carboxylic acids is 2. The Balaban J connectivity index is 0.000000292. The summed E-state index contributed by atoms with van der Waals surface area (Å²) in [7, 11) is 2.10. The molecule has 0 amide bonds. The molecule has 0 bridgehead atoms. The van der Waals surface area contributed by atoms with Crippen molar-refractivity contribution in [3.8, 4) is 0 Å². The molecule has 0 aliphatic rings. The van der Waals surface area contributed by atoms with Crippen LogP contribution in [0, 0.1) is 0 Å². The van der Waals surface area contributed by atoms with Gasteiger partial charge in [-0.25, -0.2) is 9.59 Å². The van der Waals surface area contributed by atoms with Crippen molar-refractivity contribution in [1.82, 2.24) is 0 Å². The van der Waals surface area contributed by atoms with Gasteiger partial charge in [-0.2, -0.15) is 13.2 Å². The number of alkyl halides is 3. The number of carboxylic acids is 2. The van der Waals surface area contributed by atoms with Crippen LogP contribution >= 0.6 is 0 Å². The van der Waals surface area contributed by atoms with Gasteiger partial charge in [0.25, 0.3) is 5.60 Å². The van der Waals surface area contributed by atoms with Crippen molar-refractivity contribution in [1.29, 1.82) is 0 Å². The molecule has 28 heavy (non-hydrogen) atoms. The molecule has 2 aromatic carbocycles. The van der Waals surface area contributed by atoms with Crippen LogP contribution in [0.15, 0.2) is 60.7 Å². The minimum absolute atomic E-state index is 0.461. The van der Waals surface area contributed by atoms with E-state index >= 15 is 0 Å². The van der Waals surface area contributed by atoms with Crippen LogP contribution in [0.25, 0.3) is 0 Å². The van der Waals surface area contributed by atoms with E-state index in [4.69, 9.17) is 14.9 Å². The summed E-state index contributed by atoms with van der Waals surface area (Å²) in [6.07, 6.45) is -5.89. The lowest BCUT2D eigenvalue weighted by molar-refractivity contribution is -0.273. The Hall–Kier alpha value is -2.91. The van der Waals surface area contributed by atoms with Gasteiger partial charge < -0.3 is 19.7 Å². The summed E-state index contributed by atoms with van der Waals surface area (Å²) < 4.78 is 47.4. The van der Waals surface area contributed by atoms with E-state index < -0.39 is 35.4 Å². The smallest absolute Gasteiger partial charge is 0.432 e. The zero-order chi connectivity index (χ0) is 21.4. The number of halogens is 3. The fraction of sp³-hybridized carbons (Fsp3) is 0.263. The Morgan fingerprint density at radius 3 is 1.68 bits per heavy atom. The molecule has 0 saturated heterocycles. The predicted molar refractivity (Wildman–Crippen MR) is 92.6 cm³/mol. The Morgan fingerprint density at radius 1 is 0.893 bits per heavy atom. The van der Waals surface area contributed by atoms with Gasteiger partial charge in [-0.15, -0.1) is 0 Å². The van der Waals surface area contributed by atoms with Crippen molar-refractivity contribution in [3.05, 3.63) is 71.8 Å². The lowest BCUT2D eigenvalue weighted by atomic mass is 9.93. The maximum absolute atomic E-state index is 12.8. The maximum atomic E-state index is 12.8. The molecule has 2 N–H and O–H groups in total. The van der Waals surface area contributed by atoms with Crippen molar-refractivity contribution in [2.24, 2.45) is 0 Å². The van der Waals surface area contributed by atoms with E-state index in [0.717, 1.165) is 12.1 Å². The minimum Gasteiger partial charge on any atom is -0.479 e. The quantitative estimate of drug-likeness (QED) is 0.769. The zero-order valence-electron chi connectivity index (χ0n) is 15.0. The summed E-state index contributed by atoms with van der Waals surface area (Å²) >= 11 is 0. The molecule has 0 fully saturated rings. The number of rotatable bonds is 6. The van der Waals surface area contributed by atoms with Gasteiger partial charge >= 0.3 is 18.1 Å². The third-order valence-electron chi connectivity index (χ3n) is 3.75. The second-order valence-corrected chi connectivity index (χ2v) is 5.42. The van der Waals surface area contributed by atoms with E-state index in [0.29, 0.717) is 12.7 Å². The number of hydrogen-bond acceptors (Lipinski definition) is 4. The van der Waals surface area contributed by atoms with Gasteiger partial charge in [-0.05, 0) is 5.56 Å². The maximum Gasteiger partial charge on any atom is 0.432 e. The molecular formula is C19H19F3O6. The Bertz CT molecular complexity index is 764. The van der Waals surface area contributed by atoms with Crippen LogP contribution in [0.3, 0.4) is 0 Å². The lowest BCUT2D eigenvalue weighted by Gasteiger charge is -2.30. The number of hydrogen-bond donors (Lipinski definition) is 2. The standard InChI is InChI=1S/C10H9F3O3.C9H10O3/c1-16-9(8(14)15,10(11,12)13)7-5-3-2-4-6-7;1-12-8(9(10)11)7-5-3-2-4-6-7/h2-6H,1H3,(H,14,15);2-6,8H,1H3,(H,10,11)/t9-;8-/m10/s1. The van der Waals surface area contributed by atoms with E-state index in [1.807, 2.05) is 6.07 Å². The highest BCUT2D eigenvalue weighted by Gasteiger charge is 2.63. The topological polar surface area (TPSA) is 93.1 Å². The van der Waals surface area contributed by atoms with Gasteiger partial charge in [-0.3, -0.25) is 0 Å². The van der Waals surface area contributed by atoms with Crippen LogP contribution in [-0.4, -0.2) is 42.5 Å². The Morgan fingerprint density at radius 2 is 1.36 bits per heavy atom. The zero-order valence-corrected chi connectivity index (χ0v) is 15.0. The number of ether oxygens (including phenoxy) is 2. The second kappa shape index (κ2) is 9.86. The van der Waals surface area contributed by atoms with Gasteiger partial charge in [0, 0.05) is 19.8 Å². The van der Waals surface area contributed by atoms with Crippen molar-refractivity contribution < 1.29 is 42.4 Å². The fourth-order valence-corrected chi connectivity index (χ4v) is 2.41. The highest BCUT2D eigenvalue weighted by molar-refractivity contribution is 5.80. The molecule has 0 radical (unpaired) electrons. The molecule has 0 aliphatic heterocycles. The van der Waals surface area contributed by atoms with E-state index in [2.05, 4.69) is 4.74 Å². The first-order valence-electron chi connectivity index (χ1n) is 7.83. The summed E-state index contributed by atoms with van der Waals surface area (Å²) in [6, 6.07) is 15.1. The molecule has 0 aliphatic carbocycles. The lowest BCUT2D eigenvalue weighted by Crippen LogP contribution is -2.50. The molecule has 152 valence electrons. The Kier molecular flexibility index (Phi) is 8.15. The first-order valence-corrected chi connectivity index (χ1v) is 7.83. The van der Waals surface area contributed by atoms with Gasteiger partial charge in [0.2, 0.25) is 0 Å². The molecule has 0 spiro atoms. The van der Waals surface area contributed by atoms with E-state index in [1.54, 1.807) is 24.3 Å². The summed E-state index contributed by atoms with van der Waals surface area (Å²) in [5, 5.41) is 17.5. The second-order valence-electron chi connectivity index (χ2n) is 5.42. The van der Waals surface area contributed by atoms with E-state index in [9.17, 15) is 22.8 Å². The van der Waals surface area contributed by atoms with E-state index in [-0.39, 0.29) is 0 Å². The molecule has 9 heteroatoms. The molecule has 0 heterocycles. The SMILES string of the molecule is CO[C@@](C(=O)O)(c1ccccc1)C(F)(F)F.CO[C@H](C(=O)O)c1ccccc1. The average molecular weight is 400 g/mol. The third-order valence-corrected chi connectivity index (χ3v) is 3.75. The normalized spacial score (nSPS) is 14.2. The summed E-state index contributed by atoms with van der Waals surface area (Å²) in [5.74, 6) is -3.06. The molecule has 2 rings (SSSR count). The van der Waals surface area contributed by atoms with Gasteiger partial charge in [0.1, 0.15) is 0 Å². The van der Waals surface area contributed by atoms with E-state index in [1.165, 1.54) is 25.3 Å². The molecule has 2 atom stereocenters. The van der Waals surface area contributed by atoms with Crippen LogP contribution in [0.1, 0.15) is 17.2 Å². The van der Waals surface area contributed by atoms with Crippen molar-refractivity contribution in [2.45, 2.75) is 17.9 Å². The van der Waals surface area contributed by atoms with Crippen molar-refractivity contribution in [2.75, 3.05) is 14.2 Å². The monoisotopic (exact) mass is 400 g/mol. The highest BCUT2D eigenvalue weighted by Crippen LogP contribution is 2.41. The average Bonchev–Trinajstić information content (AvgIpc) is 2.64. The number of carbonyl (C=O) groups is 2. The first kappa shape index (κ1) is 23.1. The third kappa shape index (κ3) is 5.08. The number of carboxylic acid groups (broad SMARTS) is 2. The van der Waals surface area contributed by atoms with Crippen LogP contribution in [0.5, 0.6) is 0 Å². The van der Waals surface area contributed by atoms with Crippen LogP contribution in [0.4, 0.5) is 13.2 Å². The van der Waals surface area contributed by atoms with Gasteiger partial charge in [-0.1, -0.05) is 60.7 Å². The molecule has 0 aromatic heterocycles. The van der Waals surface area contributed by atoms with Crippen LogP contribution in [0.2, 0.25) is 0 Å². The van der Waals surface area contributed by atoms with Crippen molar-refractivity contribution in [3.63, 3.8) is 0 Å². The summed E-state index contributed by atoms with van der Waals surface area (Å²) in [6.45, 7) is 0. The highest BCUT2D eigenvalue weighted by atomic mass is 19.4. The Labute approximate surface area is 159 Å². The van der Waals surface area contributed by atoms with Crippen molar-refractivity contribution >= 4 is 11.9 Å². The van der Waals surface area contributed by atoms with Gasteiger partial charge in [0.05, 0.1) is 0 Å². The van der Waals surface area contributed by atoms with Crippen LogP contribution < -0.4 is 0 Å². The van der Waals surface area contributed by atoms with Crippen LogP contribution in [-0.2, 0) is 24.7 Å².